The molecule has 0 N–H and O–H groups in total. The van der Waals surface area contributed by atoms with Crippen molar-refractivity contribution in [2.45, 2.75) is 253 Å². The Balaban J connectivity index is 4.34. The third kappa shape index (κ3) is 39.9. The molecule has 0 radical (unpaired) electrons. The number of esters is 3. The molecule has 0 rings (SSSR count). The summed E-state index contributed by atoms with van der Waals surface area (Å²) < 4.78 is 16.7. The fourth-order valence-corrected chi connectivity index (χ4v) is 6.85. The van der Waals surface area contributed by atoms with Gasteiger partial charge in [0.05, 0.1) is 0 Å². The van der Waals surface area contributed by atoms with Gasteiger partial charge in [-0.1, -0.05) is 208 Å². The average Bonchev–Trinajstić information content (AvgIpc) is 3.12. The topological polar surface area (TPSA) is 78.9 Å². The van der Waals surface area contributed by atoms with Gasteiger partial charge in [0.2, 0.25) is 0 Å². The summed E-state index contributed by atoms with van der Waals surface area (Å²) in [7, 11) is 0. The van der Waals surface area contributed by atoms with E-state index >= 15 is 0 Å². The Labute approximate surface area is 329 Å². The lowest BCUT2D eigenvalue weighted by Gasteiger charge is -2.18. The normalized spacial score (nSPS) is 12.7. The van der Waals surface area contributed by atoms with E-state index in [1.165, 1.54) is 128 Å². The number of ether oxygens (including phenoxy) is 3. The van der Waals surface area contributed by atoms with E-state index < -0.39 is 6.10 Å². The molecule has 1 unspecified atom stereocenters. The predicted molar refractivity (Wildman–Crippen MR) is 224 cm³/mol. The van der Waals surface area contributed by atoms with Crippen molar-refractivity contribution in [3.63, 3.8) is 0 Å². The highest BCUT2D eigenvalue weighted by atomic mass is 16.6. The van der Waals surface area contributed by atoms with E-state index in [9.17, 15) is 14.4 Å². The molecule has 314 valence electrons. The second-order valence-electron chi connectivity index (χ2n) is 17.2. The summed E-state index contributed by atoms with van der Waals surface area (Å²) in [5, 5.41) is 0. The Hall–Kier alpha value is -1.59. The molecule has 2 atom stereocenters. The van der Waals surface area contributed by atoms with Crippen LogP contribution in [0.4, 0.5) is 0 Å². The van der Waals surface area contributed by atoms with Crippen LogP contribution in [0.5, 0.6) is 0 Å². The predicted octanol–water partition coefficient (Wildman–Crippen LogP) is 14.4. The van der Waals surface area contributed by atoms with Crippen LogP contribution in [-0.4, -0.2) is 37.2 Å². The maximum absolute atomic E-state index is 12.7. The Bertz CT molecular complexity index is 824. The number of rotatable bonds is 40. The van der Waals surface area contributed by atoms with Crippen LogP contribution in [0.1, 0.15) is 247 Å². The molecule has 0 fully saturated rings. The van der Waals surface area contributed by atoms with E-state index in [0.29, 0.717) is 19.3 Å². The van der Waals surface area contributed by atoms with Crippen molar-refractivity contribution < 1.29 is 28.6 Å². The first-order valence-electron chi connectivity index (χ1n) is 23.1. The molecule has 0 saturated carbocycles. The molecule has 6 heteroatoms. The number of carbonyl (C=O) groups is 3. The number of hydrogen-bond donors (Lipinski definition) is 0. The van der Waals surface area contributed by atoms with Gasteiger partial charge in [-0.2, -0.15) is 0 Å². The summed E-state index contributed by atoms with van der Waals surface area (Å²) in [6.07, 6.45) is 35.2. The summed E-state index contributed by atoms with van der Waals surface area (Å²) in [6, 6.07) is 0. The van der Waals surface area contributed by atoms with E-state index in [1.807, 2.05) is 0 Å². The lowest BCUT2D eigenvalue weighted by molar-refractivity contribution is -0.167. The molecule has 0 saturated heterocycles. The third-order valence-corrected chi connectivity index (χ3v) is 10.8. The molecule has 0 aromatic carbocycles. The first-order chi connectivity index (χ1) is 25.6. The smallest absolute Gasteiger partial charge is 0.306 e. The summed E-state index contributed by atoms with van der Waals surface area (Å²) in [5.74, 6) is 1.57. The molecule has 53 heavy (non-hydrogen) atoms. The van der Waals surface area contributed by atoms with Crippen LogP contribution in [0, 0.1) is 17.8 Å². The second kappa shape index (κ2) is 38.7. The summed E-state index contributed by atoms with van der Waals surface area (Å²) in [4.78, 5) is 37.7. The number of carbonyl (C=O) groups excluding carboxylic acids is 3. The number of unbranched alkanes of at least 4 members (excludes halogenated alkanes) is 22. The SMILES string of the molecule is CCC(C)CCCCCCCCCCC(=O)OC[C@H](COC(=O)CCCCCCCCC(C)C)OC(=O)CCCCCCCCCCCCCC(C)C. The molecule has 0 bridgehead atoms. The van der Waals surface area contributed by atoms with Crippen molar-refractivity contribution in [1.82, 2.24) is 0 Å². The van der Waals surface area contributed by atoms with Gasteiger partial charge in [0.25, 0.3) is 0 Å². The maximum Gasteiger partial charge on any atom is 0.306 e. The summed E-state index contributed by atoms with van der Waals surface area (Å²) in [5.41, 5.74) is 0. The van der Waals surface area contributed by atoms with Gasteiger partial charge >= 0.3 is 17.9 Å². The van der Waals surface area contributed by atoms with E-state index in [-0.39, 0.29) is 31.1 Å². The molecule has 6 nitrogen and oxygen atoms in total. The average molecular weight is 751 g/mol. The first-order valence-corrected chi connectivity index (χ1v) is 23.1. The van der Waals surface area contributed by atoms with Crippen molar-refractivity contribution in [2.24, 2.45) is 17.8 Å². The standard InChI is InChI=1S/C47H90O6/c1-7-43(6)35-29-23-16-13-14-17-24-30-36-45(48)51-39-44(40-52-46(49)37-31-25-20-19-22-28-34-42(4)5)53-47(50)38-32-26-18-12-10-8-9-11-15-21-27-33-41(2)3/h41-44H,7-40H2,1-6H3/t43?,44-/m1/s1. The number of hydrogen-bond acceptors (Lipinski definition) is 6. The van der Waals surface area contributed by atoms with Crippen molar-refractivity contribution >= 4 is 17.9 Å². The molecule has 0 aliphatic carbocycles. The van der Waals surface area contributed by atoms with Crippen LogP contribution in [0.3, 0.4) is 0 Å². The first kappa shape index (κ1) is 51.4. The summed E-state index contributed by atoms with van der Waals surface area (Å²) >= 11 is 0. The van der Waals surface area contributed by atoms with Crippen molar-refractivity contribution in [3.8, 4) is 0 Å². The fraction of sp³-hybridized carbons (Fsp3) is 0.936. The fourth-order valence-electron chi connectivity index (χ4n) is 6.85. The Morgan fingerprint density at radius 3 is 0.981 bits per heavy atom. The van der Waals surface area contributed by atoms with Crippen LogP contribution in [0.15, 0.2) is 0 Å². The van der Waals surface area contributed by atoms with Gasteiger partial charge in [-0.15, -0.1) is 0 Å². The van der Waals surface area contributed by atoms with Crippen molar-refractivity contribution in [3.05, 3.63) is 0 Å². The zero-order valence-electron chi connectivity index (χ0n) is 36.3. The molecule has 0 aromatic rings. The zero-order chi connectivity index (χ0) is 39.2. The van der Waals surface area contributed by atoms with Crippen LogP contribution in [-0.2, 0) is 28.6 Å². The summed E-state index contributed by atoms with van der Waals surface area (Å²) in [6.45, 7) is 13.6. The molecule has 0 aliphatic rings. The Kier molecular flexibility index (Phi) is 37.5. The van der Waals surface area contributed by atoms with E-state index in [4.69, 9.17) is 14.2 Å². The molecule has 0 spiro atoms. The Morgan fingerprint density at radius 1 is 0.377 bits per heavy atom. The van der Waals surface area contributed by atoms with Gasteiger partial charge in [0.15, 0.2) is 6.10 Å². The van der Waals surface area contributed by atoms with E-state index in [1.54, 1.807) is 0 Å². The minimum atomic E-state index is -0.762. The minimum absolute atomic E-state index is 0.0669. The van der Waals surface area contributed by atoms with Gasteiger partial charge in [0.1, 0.15) is 13.2 Å². The van der Waals surface area contributed by atoms with E-state index in [0.717, 1.165) is 75.5 Å². The highest BCUT2D eigenvalue weighted by molar-refractivity contribution is 5.71. The van der Waals surface area contributed by atoms with Gasteiger partial charge in [0, 0.05) is 19.3 Å². The van der Waals surface area contributed by atoms with Crippen molar-refractivity contribution in [2.75, 3.05) is 13.2 Å². The zero-order valence-corrected chi connectivity index (χ0v) is 36.3. The molecule has 0 aliphatic heterocycles. The van der Waals surface area contributed by atoms with Crippen molar-refractivity contribution in [1.29, 1.82) is 0 Å². The minimum Gasteiger partial charge on any atom is -0.462 e. The van der Waals surface area contributed by atoms with Gasteiger partial charge in [-0.05, 0) is 37.0 Å². The largest absolute Gasteiger partial charge is 0.462 e. The van der Waals surface area contributed by atoms with Crippen LogP contribution >= 0.6 is 0 Å². The Morgan fingerprint density at radius 2 is 0.660 bits per heavy atom. The van der Waals surface area contributed by atoms with Gasteiger partial charge in [-0.25, -0.2) is 0 Å². The molecular weight excluding hydrogens is 661 g/mol. The molecular formula is C47H90O6. The second-order valence-corrected chi connectivity index (χ2v) is 17.2. The van der Waals surface area contributed by atoms with Gasteiger partial charge < -0.3 is 14.2 Å². The van der Waals surface area contributed by atoms with Crippen LogP contribution in [0.2, 0.25) is 0 Å². The molecule has 0 aromatic heterocycles. The highest BCUT2D eigenvalue weighted by Crippen LogP contribution is 2.17. The van der Waals surface area contributed by atoms with Crippen LogP contribution < -0.4 is 0 Å². The third-order valence-electron chi connectivity index (χ3n) is 10.8. The molecule has 0 heterocycles. The monoisotopic (exact) mass is 751 g/mol. The molecule has 0 amide bonds. The van der Waals surface area contributed by atoms with Crippen LogP contribution in [0.25, 0.3) is 0 Å². The van der Waals surface area contributed by atoms with E-state index in [2.05, 4.69) is 41.5 Å². The quantitative estimate of drug-likeness (QED) is 0.0352. The lowest BCUT2D eigenvalue weighted by Crippen LogP contribution is -2.30. The maximum atomic E-state index is 12.7. The van der Waals surface area contributed by atoms with Gasteiger partial charge in [-0.3, -0.25) is 14.4 Å². The highest BCUT2D eigenvalue weighted by Gasteiger charge is 2.19. The lowest BCUT2D eigenvalue weighted by atomic mass is 9.99.